The molecule has 11 heteroatoms. The molecule has 4 aromatic rings. The molecule has 0 saturated heterocycles. The van der Waals surface area contributed by atoms with Gasteiger partial charge in [0.15, 0.2) is 0 Å². The van der Waals surface area contributed by atoms with E-state index in [9.17, 15) is 24.0 Å². The molecular formula is C39H41N3O8. The van der Waals surface area contributed by atoms with Gasteiger partial charge in [0.05, 0.1) is 6.42 Å². The van der Waals surface area contributed by atoms with Crippen molar-refractivity contribution in [1.82, 2.24) is 16.0 Å². The van der Waals surface area contributed by atoms with Gasteiger partial charge in [-0.2, -0.15) is 0 Å². The minimum atomic E-state index is -1.20. The zero-order valence-electron chi connectivity index (χ0n) is 27.6. The molecule has 0 aliphatic rings. The third-order valence-electron chi connectivity index (χ3n) is 7.48. The molecule has 4 rings (SSSR count). The molecule has 0 aliphatic carbocycles. The normalized spacial score (nSPS) is 11.7. The molecule has 0 saturated carbocycles. The predicted molar refractivity (Wildman–Crippen MR) is 185 cm³/mol. The Bertz CT molecular complexity index is 1650. The lowest BCUT2D eigenvalue weighted by Crippen LogP contribution is -2.49. The van der Waals surface area contributed by atoms with Crippen LogP contribution in [0.3, 0.4) is 0 Å². The molecule has 4 aromatic carbocycles. The number of alkyl carbamates (subject to hydrolysis) is 1. The van der Waals surface area contributed by atoms with Crippen LogP contribution < -0.4 is 16.0 Å². The second-order valence-electron chi connectivity index (χ2n) is 11.4. The largest absolute Gasteiger partial charge is 0.461 e. The second kappa shape index (κ2) is 20.4. The van der Waals surface area contributed by atoms with Gasteiger partial charge >= 0.3 is 18.0 Å². The van der Waals surface area contributed by atoms with Crippen molar-refractivity contribution in [2.45, 2.75) is 57.6 Å². The lowest BCUT2D eigenvalue weighted by Gasteiger charge is -2.20. The van der Waals surface area contributed by atoms with Gasteiger partial charge < -0.3 is 30.2 Å². The molecule has 11 nitrogen and oxygen atoms in total. The van der Waals surface area contributed by atoms with Crippen LogP contribution in [0.5, 0.6) is 0 Å². The van der Waals surface area contributed by atoms with Gasteiger partial charge in [-0.1, -0.05) is 121 Å². The molecule has 0 aromatic heterocycles. The molecule has 2 atom stereocenters. The summed E-state index contributed by atoms with van der Waals surface area (Å²) in [5, 5.41) is 7.96. The van der Waals surface area contributed by atoms with Crippen molar-refractivity contribution in [3.63, 3.8) is 0 Å². The topological polar surface area (TPSA) is 149 Å². The summed E-state index contributed by atoms with van der Waals surface area (Å²) < 4.78 is 16.0. The van der Waals surface area contributed by atoms with Crippen LogP contribution in [0.25, 0.3) is 0 Å². The van der Waals surface area contributed by atoms with E-state index >= 15 is 0 Å². The average Bonchev–Trinajstić information content (AvgIpc) is 3.15. The summed E-state index contributed by atoms with van der Waals surface area (Å²) in [5.41, 5.74) is 3.17. The summed E-state index contributed by atoms with van der Waals surface area (Å²) in [6, 6.07) is 34.3. The van der Waals surface area contributed by atoms with E-state index in [4.69, 9.17) is 14.2 Å². The first kappa shape index (κ1) is 36.9. The van der Waals surface area contributed by atoms with Crippen molar-refractivity contribution in [1.29, 1.82) is 0 Å². The zero-order chi connectivity index (χ0) is 35.4. The maximum Gasteiger partial charge on any atom is 0.408 e. The number of esters is 2. The first-order valence-corrected chi connectivity index (χ1v) is 16.3. The van der Waals surface area contributed by atoms with Crippen LogP contribution in [0.15, 0.2) is 121 Å². The van der Waals surface area contributed by atoms with Gasteiger partial charge in [-0.15, -0.1) is 0 Å². The monoisotopic (exact) mass is 679 g/mol. The molecule has 0 bridgehead atoms. The van der Waals surface area contributed by atoms with Crippen molar-refractivity contribution in [2.75, 3.05) is 6.54 Å². The fourth-order valence-electron chi connectivity index (χ4n) is 4.81. The van der Waals surface area contributed by atoms with Crippen molar-refractivity contribution in [3.05, 3.63) is 144 Å². The number of benzene rings is 4. The van der Waals surface area contributed by atoms with Crippen LogP contribution in [0.4, 0.5) is 4.79 Å². The van der Waals surface area contributed by atoms with Crippen LogP contribution in [0.2, 0.25) is 0 Å². The molecule has 3 amide bonds. The van der Waals surface area contributed by atoms with Crippen LogP contribution in [0, 0.1) is 0 Å². The number of rotatable bonds is 18. The number of carbonyl (C=O) groups excluding carboxylic acids is 5. The Hall–Kier alpha value is -5.97. The van der Waals surface area contributed by atoms with Gasteiger partial charge in [-0.05, 0) is 28.7 Å². The van der Waals surface area contributed by atoms with Crippen LogP contribution in [-0.4, -0.2) is 48.5 Å². The van der Waals surface area contributed by atoms with Gasteiger partial charge in [0, 0.05) is 19.4 Å². The van der Waals surface area contributed by atoms with Crippen molar-refractivity contribution in [3.8, 4) is 0 Å². The molecule has 0 fully saturated rings. The average molecular weight is 680 g/mol. The van der Waals surface area contributed by atoms with Gasteiger partial charge in [-0.25, -0.2) is 9.59 Å². The molecule has 260 valence electrons. The van der Waals surface area contributed by atoms with E-state index in [2.05, 4.69) is 16.0 Å². The molecule has 0 radical (unpaired) electrons. The third kappa shape index (κ3) is 13.6. The summed E-state index contributed by atoms with van der Waals surface area (Å²) in [5.74, 6) is -2.23. The SMILES string of the molecule is O=C(CC[C@H](NC(=O)OCc1ccccc1)C(=O)OCc1ccccc1)N[C@@H](Cc1ccccc1)C(=O)NCCC(=O)OCc1ccccc1. The summed E-state index contributed by atoms with van der Waals surface area (Å²) >= 11 is 0. The van der Waals surface area contributed by atoms with Crippen LogP contribution in [0.1, 0.15) is 41.5 Å². The third-order valence-corrected chi connectivity index (χ3v) is 7.48. The maximum atomic E-state index is 13.2. The summed E-state index contributed by atoms with van der Waals surface area (Å²) in [4.78, 5) is 64.4. The summed E-state index contributed by atoms with van der Waals surface area (Å²) in [7, 11) is 0. The smallest absolute Gasteiger partial charge is 0.408 e. The number of hydrogen-bond acceptors (Lipinski definition) is 8. The number of ether oxygens (including phenoxy) is 3. The molecule has 0 aliphatic heterocycles. The minimum Gasteiger partial charge on any atom is -0.461 e. The Kier molecular flexibility index (Phi) is 15.0. The lowest BCUT2D eigenvalue weighted by molar-refractivity contribution is -0.148. The van der Waals surface area contributed by atoms with E-state index in [0.29, 0.717) is 0 Å². The molecule has 0 heterocycles. The zero-order valence-corrected chi connectivity index (χ0v) is 27.6. The fraction of sp³-hybridized carbons (Fsp3) is 0.256. The molecule has 50 heavy (non-hydrogen) atoms. The highest BCUT2D eigenvalue weighted by Crippen LogP contribution is 2.09. The van der Waals surface area contributed by atoms with Gasteiger partial charge in [-0.3, -0.25) is 14.4 Å². The van der Waals surface area contributed by atoms with E-state index in [1.807, 2.05) is 97.1 Å². The Morgan fingerprint density at radius 1 is 0.520 bits per heavy atom. The van der Waals surface area contributed by atoms with E-state index in [-0.39, 0.29) is 52.0 Å². The first-order chi connectivity index (χ1) is 24.4. The van der Waals surface area contributed by atoms with Crippen LogP contribution >= 0.6 is 0 Å². The fourth-order valence-corrected chi connectivity index (χ4v) is 4.81. The number of nitrogens with one attached hydrogen (secondary N) is 3. The van der Waals surface area contributed by atoms with E-state index in [1.54, 1.807) is 24.3 Å². The number of hydrogen-bond donors (Lipinski definition) is 3. The summed E-state index contributed by atoms with van der Waals surface area (Å²) in [6.45, 7) is 0.0981. The minimum absolute atomic E-state index is 0.0119. The van der Waals surface area contributed by atoms with Crippen molar-refractivity contribution >= 4 is 29.8 Å². The predicted octanol–water partition coefficient (Wildman–Crippen LogP) is 4.78. The Morgan fingerprint density at radius 3 is 1.54 bits per heavy atom. The van der Waals surface area contributed by atoms with Crippen molar-refractivity contribution in [2.24, 2.45) is 0 Å². The first-order valence-electron chi connectivity index (χ1n) is 16.3. The molecule has 3 N–H and O–H groups in total. The molecule has 0 unspecified atom stereocenters. The van der Waals surface area contributed by atoms with E-state index < -0.39 is 41.9 Å². The lowest BCUT2D eigenvalue weighted by atomic mass is 10.0. The van der Waals surface area contributed by atoms with Gasteiger partial charge in [0.1, 0.15) is 31.9 Å². The molecule has 0 spiro atoms. The molecular weight excluding hydrogens is 638 g/mol. The van der Waals surface area contributed by atoms with Gasteiger partial charge in [0.25, 0.3) is 0 Å². The van der Waals surface area contributed by atoms with Crippen LogP contribution in [-0.2, 0) is 59.6 Å². The van der Waals surface area contributed by atoms with Gasteiger partial charge in [0.2, 0.25) is 11.8 Å². The quantitative estimate of drug-likeness (QED) is 0.101. The highest BCUT2D eigenvalue weighted by Gasteiger charge is 2.26. The maximum absolute atomic E-state index is 13.2. The van der Waals surface area contributed by atoms with E-state index in [1.165, 1.54) is 0 Å². The number of amides is 3. The Labute approximate surface area is 291 Å². The highest BCUT2D eigenvalue weighted by atomic mass is 16.6. The summed E-state index contributed by atoms with van der Waals surface area (Å²) in [6.07, 6.45) is -1.05. The van der Waals surface area contributed by atoms with E-state index in [0.717, 1.165) is 22.3 Å². The Balaban J connectivity index is 1.32. The Morgan fingerprint density at radius 2 is 1.00 bits per heavy atom. The standard InChI is InChI=1S/C39H41N3O8/c43-35(22-21-33(38(46)49-27-31-17-9-3-10-18-31)42-39(47)50-28-32-19-11-4-12-20-32)41-34(25-29-13-5-1-6-14-29)37(45)40-24-23-36(44)48-26-30-15-7-2-8-16-30/h1-20,33-34H,21-28H2,(H,40,45)(H,41,43)(H,42,47)/t33-,34-/m0/s1. The highest BCUT2D eigenvalue weighted by molar-refractivity contribution is 5.88. The van der Waals surface area contributed by atoms with Crippen molar-refractivity contribution < 1.29 is 38.2 Å². The number of carbonyl (C=O) groups is 5. The second-order valence-corrected chi connectivity index (χ2v) is 11.4.